The molecule has 1 aromatic rings. The zero-order chi connectivity index (χ0) is 12.5. The molecule has 1 aromatic carbocycles. The van der Waals surface area contributed by atoms with Gasteiger partial charge < -0.3 is 15.4 Å². The Morgan fingerprint density at radius 2 is 2.22 bits per heavy atom. The first-order valence-corrected chi connectivity index (χ1v) is 6.53. The highest BCUT2D eigenvalue weighted by atomic mass is 16.5. The Balaban J connectivity index is 1.88. The topological polar surface area (TPSA) is 50.9 Å². The Kier molecular flexibility index (Phi) is 2.86. The smallest absolute Gasteiger partial charge is 0.196 e. The lowest BCUT2D eigenvalue weighted by Crippen LogP contribution is -2.46. The Labute approximate surface area is 107 Å². The van der Waals surface area contributed by atoms with E-state index >= 15 is 0 Å². The fourth-order valence-electron chi connectivity index (χ4n) is 2.78. The van der Waals surface area contributed by atoms with Crippen LogP contribution in [0.15, 0.2) is 29.3 Å². The van der Waals surface area contributed by atoms with Gasteiger partial charge in [-0.15, -0.1) is 0 Å². The highest BCUT2D eigenvalue weighted by Crippen LogP contribution is 2.36. The second-order valence-corrected chi connectivity index (χ2v) is 5.03. The Morgan fingerprint density at radius 3 is 2.89 bits per heavy atom. The van der Waals surface area contributed by atoms with Crippen LogP contribution in [0.5, 0.6) is 5.75 Å². The minimum absolute atomic E-state index is 0.436. The third kappa shape index (κ3) is 1.82. The number of hydrogen-bond donors (Lipinski definition) is 1. The van der Waals surface area contributed by atoms with Crippen LogP contribution < -0.4 is 15.4 Å². The molecule has 1 aliphatic carbocycles. The van der Waals surface area contributed by atoms with Crippen molar-refractivity contribution >= 4 is 11.6 Å². The third-order valence-corrected chi connectivity index (χ3v) is 4.04. The Hall–Kier alpha value is -1.71. The average molecular weight is 245 g/mol. The molecule has 0 bridgehead atoms. The first-order valence-electron chi connectivity index (χ1n) is 6.53. The van der Waals surface area contributed by atoms with Crippen LogP contribution >= 0.6 is 0 Å². The molecule has 0 aromatic heterocycles. The van der Waals surface area contributed by atoms with Crippen molar-refractivity contribution in [1.29, 1.82) is 0 Å². The zero-order valence-corrected chi connectivity index (χ0v) is 10.7. The maximum atomic E-state index is 6.04. The van der Waals surface area contributed by atoms with E-state index in [1.807, 2.05) is 18.2 Å². The molecule has 1 unspecified atom stereocenters. The Bertz CT molecular complexity index is 468. The first-order chi connectivity index (χ1) is 8.79. The van der Waals surface area contributed by atoms with Crippen LogP contribution in [0.4, 0.5) is 5.69 Å². The summed E-state index contributed by atoms with van der Waals surface area (Å²) in [5.41, 5.74) is 7.13. The molecule has 1 aliphatic heterocycles. The Morgan fingerprint density at radius 1 is 1.39 bits per heavy atom. The number of anilines is 1. The quantitative estimate of drug-likeness (QED) is 0.886. The number of rotatable bonds is 3. The zero-order valence-electron chi connectivity index (χ0n) is 10.7. The van der Waals surface area contributed by atoms with Gasteiger partial charge in [0.15, 0.2) is 5.96 Å². The molecule has 2 N–H and O–H groups in total. The SMILES string of the molecule is COc1cccc(N2C(N)=NCC2C2CCC2)c1. The molecule has 2 aliphatic rings. The van der Waals surface area contributed by atoms with Gasteiger partial charge in [-0.05, 0) is 30.9 Å². The maximum Gasteiger partial charge on any atom is 0.196 e. The van der Waals surface area contributed by atoms with Crippen LogP contribution in [0, 0.1) is 5.92 Å². The normalized spacial score (nSPS) is 23.7. The molecule has 3 rings (SSSR count). The molecule has 4 nitrogen and oxygen atoms in total. The van der Waals surface area contributed by atoms with E-state index in [4.69, 9.17) is 10.5 Å². The molecule has 0 radical (unpaired) electrons. The van der Waals surface area contributed by atoms with E-state index in [-0.39, 0.29) is 0 Å². The van der Waals surface area contributed by atoms with Crippen molar-refractivity contribution in [2.24, 2.45) is 16.6 Å². The summed E-state index contributed by atoms with van der Waals surface area (Å²) in [5.74, 6) is 2.24. The van der Waals surface area contributed by atoms with E-state index in [9.17, 15) is 0 Å². The van der Waals surface area contributed by atoms with Gasteiger partial charge >= 0.3 is 0 Å². The first kappa shape index (κ1) is 11.4. The lowest BCUT2D eigenvalue weighted by atomic mass is 9.79. The molecule has 0 spiro atoms. The molecule has 96 valence electrons. The molecule has 0 amide bonds. The van der Waals surface area contributed by atoms with Crippen LogP contribution in [-0.4, -0.2) is 25.7 Å². The second-order valence-electron chi connectivity index (χ2n) is 5.03. The van der Waals surface area contributed by atoms with Gasteiger partial charge in [-0.25, -0.2) is 0 Å². The maximum absolute atomic E-state index is 6.04. The molecule has 1 heterocycles. The van der Waals surface area contributed by atoms with Crippen LogP contribution in [0.25, 0.3) is 0 Å². The summed E-state index contributed by atoms with van der Waals surface area (Å²) in [4.78, 5) is 6.59. The van der Waals surface area contributed by atoms with E-state index in [2.05, 4.69) is 16.0 Å². The predicted octanol–water partition coefficient (Wildman–Crippen LogP) is 2.00. The van der Waals surface area contributed by atoms with Crippen molar-refractivity contribution in [3.63, 3.8) is 0 Å². The number of guanidine groups is 1. The number of nitrogens with two attached hydrogens (primary N) is 1. The van der Waals surface area contributed by atoms with Crippen molar-refractivity contribution in [2.45, 2.75) is 25.3 Å². The van der Waals surface area contributed by atoms with Gasteiger partial charge in [0.05, 0.1) is 19.7 Å². The molecule has 1 saturated carbocycles. The van der Waals surface area contributed by atoms with Gasteiger partial charge in [-0.2, -0.15) is 0 Å². The number of methoxy groups -OCH3 is 1. The minimum atomic E-state index is 0.436. The number of benzene rings is 1. The highest BCUT2D eigenvalue weighted by molar-refractivity contribution is 5.97. The van der Waals surface area contributed by atoms with Gasteiger partial charge in [0, 0.05) is 11.8 Å². The van der Waals surface area contributed by atoms with Gasteiger partial charge in [0.25, 0.3) is 0 Å². The summed E-state index contributed by atoms with van der Waals surface area (Å²) >= 11 is 0. The van der Waals surface area contributed by atoms with Gasteiger partial charge in [0.2, 0.25) is 0 Å². The standard InChI is InChI=1S/C14H19N3O/c1-18-12-7-3-6-11(8-12)17-13(9-16-14(17)15)10-4-2-5-10/h3,6-8,10,13H,2,4-5,9H2,1H3,(H2,15,16). The van der Waals surface area contributed by atoms with Crippen molar-refractivity contribution in [3.05, 3.63) is 24.3 Å². The number of ether oxygens (including phenoxy) is 1. The van der Waals surface area contributed by atoms with Crippen molar-refractivity contribution in [1.82, 2.24) is 0 Å². The molecule has 1 atom stereocenters. The lowest BCUT2D eigenvalue weighted by molar-refractivity contribution is 0.271. The monoisotopic (exact) mass is 245 g/mol. The summed E-state index contributed by atoms with van der Waals surface area (Å²) < 4.78 is 5.28. The lowest BCUT2D eigenvalue weighted by Gasteiger charge is -2.37. The summed E-state index contributed by atoms with van der Waals surface area (Å²) in [5, 5.41) is 0. The largest absolute Gasteiger partial charge is 0.497 e. The number of aliphatic imine (C=N–C) groups is 1. The van der Waals surface area contributed by atoms with Crippen LogP contribution in [0.2, 0.25) is 0 Å². The van der Waals surface area contributed by atoms with Gasteiger partial charge in [-0.3, -0.25) is 4.99 Å². The summed E-state index contributed by atoms with van der Waals surface area (Å²) in [6.07, 6.45) is 3.94. The molecule has 1 fully saturated rings. The van der Waals surface area contributed by atoms with Crippen LogP contribution in [-0.2, 0) is 0 Å². The molecule has 18 heavy (non-hydrogen) atoms. The van der Waals surface area contributed by atoms with Gasteiger partial charge in [-0.1, -0.05) is 12.5 Å². The molecule has 0 saturated heterocycles. The van der Waals surface area contributed by atoms with E-state index in [0.717, 1.165) is 23.9 Å². The third-order valence-electron chi connectivity index (χ3n) is 4.04. The van der Waals surface area contributed by atoms with E-state index in [1.165, 1.54) is 19.3 Å². The van der Waals surface area contributed by atoms with Crippen molar-refractivity contribution in [3.8, 4) is 5.75 Å². The summed E-state index contributed by atoms with van der Waals surface area (Å²) in [7, 11) is 1.68. The van der Waals surface area contributed by atoms with E-state index in [0.29, 0.717) is 12.0 Å². The fourth-order valence-corrected chi connectivity index (χ4v) is 2.78. The second kappa shape index (κ2) is 4.52. The van der Waals surface area contributed by atoms with Crippen LogP contribution in [0.3, 0.4) is 0 Å². The van der Waals surface area contributed by atoms with Crippen molar-refractivity contribution in [2.75, 3.05) is 18.6 Å². The van der Waals surface area contributed by atoms with E-state index in [1.54, 1.807) is 7.11 Å². The summed E-state index contributed by atoms with van der Waals surface area (Å²) in [6, 6.07) is 8.48. The van der Waals surface area contributed by atoms with Gasteiger partial charge in [0.1, 0.15) is 5.75 Å². The van der Waals surface area contributed by atoms with Crippen LogP contribution in [0.1, 0.15) is 19.3 Å². The molecular weight excluding hydrogens is 226 g/mol. The molecule has 4 heteroatoms. The van der Waals surface area contributed by atoms with E-state index < -0.39 is 0 Å². The highest BCUT2D eigenvalue weighted by Gasteiger charge is 2.36. The molecular formula is C14H19N3O. The predicted molar refractivity (Wildman–Crippen MR) is 73.1 cm³/mol. The van der Waals surface area contributed by atoms with Crippen molar-refractivity contribution < 1.29 is 4.74 Å². The number of hydrogen-bond acceptors (Lipinski definition) is 4. The minimum Gasteiger partial charge on any atom is -0.497 e. The number of nitrogens with zero attached hydrogens (tertiary/aromatic N) is 2. The fraction of sp³-hybridized carbons (Fsp3) is 0.500. The average Bonchev–Trinajstić information content (AvgIpc) is 2.69. The summed E-state index contributed by atoms with van der Waals surface area (Å²) in [6.45, 7) is 0.827.